The molecule has 2 heterocycles. The van der Waals surface area contributed by atoms with Crippen LogP contribution in [0.2, 0.25) is 0 Å². The highest BCUT2D eigenvalue weighted by Crippen LogP contribution is 2.64. The van der Waals surface area contributed by atoms with Gasteiger partial charge in [0.15, 0.2) is 11.2 Å². The molecule has 0 unspecified atom stereocenters. The normalized spacial score (nSPS) is 14.2. The van der Waals surface area contributed by atoms with Crippen LogP contribution in [0.15, 0.2) is 421 Å². The first-order valence-electron chi connectivity index (χ1n) is 48.6. The van der Waals surface area contributed by atoms with Crippen LogP contribution in [0.4, 0.5) is 77.0 Å². The second-order valence-electron chi connectivity index (χ2n) is 40.6. The number of hydrogen-bond donors (Lipinski definition) is 0. The summed E-state index contributed by atoms with van der Waals surface area (Å²) in [6.45, 7) is 18.8. The molecule has 22 aromatic carbocycles. The van der Waals surface area contributed by atoms with Gasteiger partial charge in [0.2, 0.25) is 0 Å². The summed E-state index contributed by atoms with van der Waals surface area (Å²) in [6, 6.07) is 148. The van der Waals surface area contributed by atoms with Crippen LogP contribution in [-0.4, -0.2) is 0 Å². The molecule has 0 radical (unpaired) electrons. The Morgan fingerprint density at radius 2 is 0.507 bits per heavy atom. The fraction of sp³-hybridized carbons (Fsp3) is 0.0909. The van der Waals surface area contributed by atoms with Crippen LogP contribution in [0.1, 0.15) is 99.9 Å². The molecule has 6 nitrogen and oxygen atoms in total. The number of hydrogen-bond acceptors (Lipinski definition) is 6. The van der Waals surface area contributed by atoms with Gasteiger partial charge in [-0.1, -0.05) is 353 Å². The molecule has 0 fully saturated rings. The van der Waals surface area contributed by atoms with Crippen LogP contribution in [0.5, 0.6) is 0 Å². The molecule has 8 heteroatoms. The first kappa shape index (κ1) is 81.4. The van der Waals surface area contributed by atoms with Crippen LogP contribution in [0.3, 0.4) is 0 Å². The molecule has 0 spiro atoms. The highest BCUT2D eigenvalue weighted by atomic mass is 19.1. The summed E-state index contributed by atoms with van der Waals surface area (Å²) in [5.41, 5.74) is 33.1. The summed E-state index contributed by atoms with van der Waals surface area (Å²) in [5, 5.41) is 16.6. The zero-order chi connectivity index (χ0) is 93.8. The molecule has 0 atom stereocenters. The smallest absolute Gasteiger partial charge is 0.159 e. The van der Waals surface area contributed by atoms with E-state index in [2.05, 4.69) is 439 Å². The molecule has 0 bridgehead atoms. The van der Waals surface area contributed by atoms with Gasteiger partial charge in [0.05, 0.1) is 56.9 Å². The second kappa shape index (κ2) is 29.8. The van der Waals surface area contributed by atoms with Gasteiger partial charge >= 0.3 is 0 Å². The average Bonchev–Trinajstić information content (AvgIpc) is 1.29. The molecule has 0 saturated carbocycles. The minimum atomic E-state index is -0.546. The fourth-order valence-corrected chi connectivity index (χ4v) is 25.4. The molecule has 140 heavy (non-hydrogen) atoms. The molecular weight excluding hydrogens is 1710 g/mol. The number of para-hydroxylation sites is 6. The Balaban J connectivity index is 0.614. The number of anilines is 12. The highest BCUT2D eigenvalue weighted by molar-refractivity contribution is 6.28. The summed E-state index contributed by atoms with van der Waals surface area (Å²) >= 11 is 0. The molecule has 24 aromatic rings. The third-order valence-corrected chi connectivity index (χ3v) is 31.9. The topological polar surface area (TPSA) is 39.2 Å². The first-order valence-corrected chi connectivity index (χ1v) is 48.6. The van der Waals surface area contributed by atoms with Gasteiger partial charge in [-0.25, -0.2) is 8.78 Å². The van der Waals surface area contributed by atoms with E-state index in [0.717, 1.165) is 204 Å². The minimum Gasteiger partial charge on any atom is -0.454 e. The van der Waals surface area contributed by atoms with Crippen LogP contribution >= 0.6 is 0 Å². The van der Waals surface area contributed by atoms with Crippen molar-refractivity contribution in [1.82, 2.24) is 0 Å². The third kappa shape index (κ3) is 11.5. The summed E-state index contributed by atoms with van der Waals surface area (Å²) in [4.78, 5) is 9.30. The lowest BCUT2D eigenvalue weighted by atomic mass is 9.78. The average molecular weight is 1800 g/mol. The van der Waals surface area contributed by atoms with E-state index in [0.29, 0.717) is 11.4 Å². The van der Waals surface area contributed by atoms with Crippen molar-refractivity contribution < 1.29 is 17.6 Å². The highest BCUT2D eigenvalue weighted by Gasteiger charge is 2.45. The predicted molar refractivity (Wildman–Crippen MR) is 580 cm³/mol. The van der Waals surface area contributed by atoms with E-state index < -0.39 is 10.8 Å². The molecule has 4 aliphatic carbocycles. The monoisotopic (exact) mass is 1800 g/mol. The van der Waals surface area contributed by atoms with Crippen molar-refractivity contribution in [3.63, 3.8) is 0 Å². The molecule has 2 aromatic heterocycles. The van der Waals surface area contributed by atoms with E-state index in [1.54, 1.807) is 24.3 Å². The van der Waals surface area contributed by atoms with Gasteiger partial charge in [-0.15, -0.1) is 0 Å². The molecule has 0 N–H and O–H groups in total. The van der Waals surface area contributed by atoms with E-state index in [-0.39, 0.29) is 22.5 Å². The van der Waals surface area contributed by atoms with Gasteiger partial charge < -0.3 is 28.4 Å². The van der Waals surface area contributed by atoms with E-state index >= 15 is 8.78 Å². The lowest BCUT2D eigenvalue weighted by Crippen LogP contribution is -2.18. The standard InChI is InChI=1S/C132H92F2N4O2/c1-129(2)104-50-23-18-45-96(104)124-107(129)52-33-57-114(124)137(112-55-27-25-53-110(112)133)120-75-100-84-37-12-16-42-91(84)121(76-101(100)83-36-11-15-41-90(83)120)138(113-56-28-26-54-111(113)134)115-69-67-80(126-125(115)97-46-19-24-51-105(97)132(126,7)8)77-62-68-106-102(70-77)87-66-64-79(72-109(87)131(106,5)6)136(117-59-32-48-95-93-44-21-30-61-123(93)140-128(95)117)119-74-99-81-34-9-13-39-88(81)118(73-98(99)82-35-10-14-40-89(82)119)135(116-58-31-47-94-92-43-20-29-60-122(92)139-127(94)116)78-63-65-86-85-38-17-22-49-103(85)130(3,4)108(86)71-78/h9-76H,1-8H3. The SMILES string of the molecule is CC1(C)c2ccccc2-c2ccc(N(c3cc4c5ccccc5c(N(c5ccc6c(c5)C(C)(C)c5ccc(-c7ccc(N(c8ccccc8F)c8cc9c%10ccccc%10c(N(c%10ccccc%10F)c%10cccc%11c%10-c%10ccccc%10C%11(C)C)cc9c9ccccc89)c8c7C(C)(C)c7ccccc7-8)cc5-6)c5cccc6c5oc5ccccc56)cc4c4ccccc34)c3cccc4c3oc3ccccc34)cc21. The van der Waals surface area contributed by atoms with Gasteiger partial charge in [-0.3, -0.25) is 0 Å². The number of nitrogens with zero attached hydrogens (tertiary/aromatic N) is 4. The van der Waals surface area contributed by atoms with Crippen LogP contribution < -0.4 is 19.6 Å². The lowest BCUT2D eigenvalue weighted by molar-refractivity contribution is 0.628. The largest absolute Gasteiger partial charge is 0.454 e. The molecule has 4 aliphatic rings. The van der Waals surface area contributed by atoms with Gasteiger partial charge in [0.1, 0.15) is 22.8 Å². The Bertz CT molecular complexity index is 9560. The van der Waals surface area contributed by atoms with Crippen molar-refractivity contribution in [2.24, 2.45) is 0 Å². The Morgan fingerprint density at radius 3 is 0.986 bits per heavy atom. The van der Waals surface area contributed by atoms with Crippen molar-refractivity contribution >= 4 is 177 Å². The van der Waals surface area contributed by atoms with E-state index in [9.17, 15) is 0 Å². The van der Waals surface area contributed by atoms with Gasteiger partial charge in [-0.2, -0.15) is 0 Å². The van der Waals surface area contributed by atoms with Gasteiger partial charge in [-0.05, 0) is 247 Å². The van der Waals surface area contributed by atoms with Crippen molar-refractivity contribution in [3.05, 3.63) is 469 Å². The summed E-state index contributed by atoms with van der Waals surface area (Å²) in [5.74, 6) is -0.687. The zero-order valence-electron chi connectivity index (χ0n) is 78.6. The minimum absolute atomic E-state index is 0.262. The van der Waals surface area contributed by atoms with Gasteiger partial charge in [0.25, 0.3) is 0 Å². The number of rotatable bonds is 13. The van der Waals surface area contributed by atoms with Crippen LogP contribution in [0.25, 0.3) is 164 Å². The predicted octanol–water partition coefficient (Wildman–Crippen LogP) is 37.5. The lowest BCUT2D eigenvalue weighted by Gasteiger charge is -2.32. The molecule has 0 aliphatic heterocycles. The Morgan fingerprint density at radius 1 is 0.186 bits per heavy atom. The molecule has 28 rings (SSSR count). The van der Waals surface area contributed by atoms with E-state index in [1.165, 1.54) is 61.2 Å². The summed E-state index contributed by atoms with van der Waals surface area (Å²) in [6.07, 6.45) is 0. The Labute approximate surface area is 809 Å². The van der Waals surface area contributed by atoms with Crippen LogP contribution in [-0.2, 0) is 21.7 Å². The number of furan rings is 2. The maximum absolute atomic E-state index is 18.0. The Kier molecular flexibility index (Phi) is 17.3. The number of fused-ring (bicyclic) bond motifs is 28. The third-order valence-electron chi connectivity index (χ3n) is 31.9. The molecule has 666 valence electrons. The summed E-state index contributed by atoms with van der Waals surface area (Å²) < 4.78 is 49.6. The maximum Gasteiger partial charge on any atom is 0.159 e. The van der Waals surface area contributed by atoms with Crippen molar-refractivity contribution in [2.45, 2.75) is 77.0 Å². The van der Waals surface area contributed by atoms with E-state index in [1.807, 2.05) is 24.3 Å². The first-order chi connectivity index (χ1) is 68.3. The summed E-state index contributed by atoms with van der Waals surface area (Å²) in [7, 11) is 0. The van der Waals surface area contributed by atoms with Crippen molar-refractivity contribution in [1.29, 1.82) is 0 Å². The molecule has 0 saturated heterocycles. The van der Waals surface area contributed by atoms with Crippen LogP contribution in [0, 0.1) is 11.6 Å². The fourth-order valence-electron chi connectivity index (χ4n) is 25.4. The van der Waals surface area contributed by atoms with Gasteiger partial charge in [0, 0.05) is 87.3 Å². The zero-order valence-corrected chi connectivity index (χ0v) is 78.6. The quantitative estimate of drug-likeness (QED) is 0.107. The Hall–Kier alpha value is -16.9. The number of benzene rings is 22. The maximum atomic E-state index is 18.0. The van der Waals surface area contributed by atoms with E-state index in [4.69, 9.17) is 8.83 Å². The molecule has 0 amide bonds. The molecular formula is C132H92F2N4O2. The number of halogens is 2. The van der Waals surface area contributed by atoms with Crippen molar-refractivity contribution in [3.8, 4) is 55.6 Å². The second-order valence-corrected chi connectivity index (χ2v) is 40.6. The van der Waals surface area contributed by atoms with Crippen molar-refractivity contribution in [2.75, 3.05) is 19.6 Å².